The Kier molecular flexibility index (Phi) is 6.07. The van der Waals surface area contributed by atoms with Crippen molar-refractivity contribution < 1.29 is 29.0 Å². The quantitative estimate of drug-likeness (QED) is 0.598. The van der Waals surface area contributed by atoms with E-state index in [-0.39, 0.29) is 44.6 Å². The van der Waals surface area contributed by atoms with E-state index in [9.17, 15) is 19.2 Å². The molecule has 3 amide bonds. The number of amides is 3. The van der Waals surface area contributed by atoms with E-state index in [4.69, 9.17) is 9.84 Å². The molecule has 2 aromatic rings. The Labute approximate surface area is 184 Å². The van der Waals surface area contributed by atoms with E-state index in [1.165, 1.54) is 4.90 Å². The Morgan fingerprint density at radius 3 is 2.09 bits per heavy atom. The van der Waals surface area contributed by atoms with Crippen molar-refractivity contribution in [2.24, 2.45) is 5.92 Å². The lowest BCUT2D eigenvalue weighted by atomic mass is 9.98. The van der Waals surface area contributed by atoms with E-state index in [2.05, 4.69) is 10.6 Å². The number of nitrogens with one attached hydrogen (secondary N) is 2. The van der Waals surface area contributed by atoms with Crippen LogP contribution in [-0.4, -0.2) is 66.7 Å². The molecule has 1 saturated heterocycles. The molecular formula is C23H23N3O6. The van der Waals surface area contributed by atoms with Crippen LogP contribution >= 0.6 is 0 Å². The van der Waals surface area contributed by atoms with E-state index >= 15 is 0 Å². The normalized spacial score (nSPS) is 14.7. The number of carboxylic acid groups (broad SMARTS) is 1. The average molecular weight is 437 g/mol. The highest BCUT2D eigenvalue weighted by Crippen LogP contribution is 2.44. The molecule has 2 aromatic carbocycles. The minimum Gasteiger partial charge on any atom is -0.481 e. The van der Waals surface area contributed by atoms with Gasteiger partial charge in [-0.1, -0.05) is 48.5 Å². The second-order valence-corrected chi connectivity index (χ2v) is 7.79. The number of carboxylic acids is 1. The van der Waals surface area contributed by atoms with Crippen LogP contribution in [0.2, 0.25) is 0 Å². The van der Waals surface area contributed by atoms with Crippen LogP contribution in [0.25, 0.3) is 11.1 Å². The van der Waals surface area contributed by atoms with Crippen LogP contribution in [0.4, 0.5) is 4.79 Å². The van der Waals surface area contributed by atoms with Crippen LogP contribution in [0.3, 0.4) is 0 Å². The first-order chi connectivity index (χ1) is 15.4. The summed E-state index contributed by atoms with van der Waals surface area (Å²) in [5.74, 6) is -2.47. The van der Waals surface area contributed by atoms with E-state index in [1.54, 1.807) is 0 Å². The molecule has 9 nitrogen and oxygen atoms in total. The second kappa shape index (κ2) is 9.09. The first-order valence-corrected chi connectivity index (χ1v) is 10.3. The fourth-order valence-corrected chi connectivity index (χ4v) is 3.99. The van der Waals surface area contributed by atoms with Gasteiger partial charge in [0.1, 0.15) is 13.2 Å². The van der Waals surface area contributed by atoms with Crippen LogP contribution in [0, 0.1) is 5.92 Å². The summed E-state index contributed by atoms with van der Waals surface area (Å²) in [5.41, 5.74) is 4.43. The zero-order valence-corrected chi connectivity index (χ0v) is 17.2. The number of likely N-dealkylation sites (tertiary alicyclic amines) is 1. The number of hydrogen-bond donors (Lipinski definition) is 3. The van der Waals surface area contributed by atoms with Crippen LogP contribution in [0.1, 0.15) is 17.0 Å². The van der Waals surface area contributed by atoms with Crippen molar-refractivity contribution in [2.45, 2.75) is 5.92 Å². The van der Waals surface area contributed by atoms with Gasteiger partial charge in [0.15, 0.2) is 0 Å². The van der Waals surface area contributed by atoms with Crippen molar-refractivity contribution in [1.29, 1.82) is 0 Å². The molecule has 4 rings (SSSR count). The number of fused-ring (bicyclic) bond motifs is 3. The smallest absolute Gasteiger partial charge is 0.407 e. The molecule has 1 aliphatic carbocycles. The molecule has 0 bridgehead atoms. The molecule has 1 fully saturated rings. The molecule has 0 saturated carbocycles. The van der Waals surface area contributed by atoms with Crippen molar-refractivity contribution in [3.8, 4) is 11.1 Å². The summed E-state index contributed by atoms with van der Waals surface area (Å²) < 4.78 is 5.35. The second-order valence-electron chi connectivity index (χ2n) is 7.79. The third kappa shape index (κ3) is 4.41. The fourth-order valence-electron chi connectivity index (χ4n) is 3.99. The van der Waals surface area contributed by atoms with E-state index in [0.717, 1.165) is 22.3 Å². The highest BCUT2D eigenvalue weighted by Gasteiger charge is 2.35. The van der Waals surface area contributed by atoms with Gasteiger partial charge in [0, 0.05) is 19.0 Å². The molecule has 0 unspecified atom stereocenters. The molecule has 0 radical (unpaired) electrons. The molecule has 0 atom stereocenters. The Hall–Kier alpha value is -3.88. The summed E-state index contributed by atoms with van der Waals surface area (Å²) in [6.45, 7) is -0.164. The molecule has 32 heavy (non-hydrogen) atoms. The van der Waals surface area contributed by atoms with Gasteiger partial charge in [-0.3, -0.25) is 14.4 Å². The maximum absolute atomic E-state index is 12.1. The summed E-state index contributed by atoms with van der Waals surface area (Å²) in [6.07, 6.45) is -0.722. The molecule has 0 aromatic heterocycles. The SMILES string of the molecule is O=C(CNC(=O)OCC1c2ccccc2-c2ccccc21)NCC(=O)N1CC(C(=O)O)C1. The van der Waals surface area contributed by atoms with E-state index in [1.807, 2.05) is 48.5 Å². The van der Waals surface area contributed by atoms with Gasteiger partial charge in [0.05, 0.1) is 12.5 Å². The highest BCUT2D eigenvalue weighted by molar-refractivity contribution is 5.88. The number of alkyl carbamates (subject to hydrolysis) is 1. The molecule has 166 valence electrons. The Bertz CT molecular complexity index is 1020. The maximum atomic E-state index is 12.1. The molecule has 0 spiro atoms. The van der Waals surface area contributed by atoms with Gasteiger partial charge in [0.25, 0.3) is 0 Å². The van der Waals surface area contributed by atoms with Crippen LogP contribution in [0.5, 0.6) is 0 Å². The van der Waals surface area contributed by atoms with Crippen molar-refractivity contribution >= 4 is 23.9 Å². The first kappa shape index (κ1) is 21.4. The number of hydrogen-bond acceptors (Lipinski definition) is 5. The minimum absolute atomic E-state index is 0.0780. The summed E-state index contributed by atoms with van der Waals surface area (Å²) in [5, 5.41) is 13.6. The van der Waals surface area contributed by atoms with Gasteiger partial charge in [-0.15, -0.1) is 0 Å². The summed E-state index contributed by atoms with van der Waals surface area (Å²) in [6, 6.07) is 16.0. The Morgan fingerprint density at radius 2 is 1.50 bits per heavy atom. The number of carbonyl (C=O) groups is 4. The lowest BCUT2D eigenvalue weighted by Gasteiger charge is -2.36. The number of ether oxygens (including phenoxy) is 1. The van der Waals surface area contributed by atoms with Crippen molar-refractivity contribution in [3.05, 3.63) is 59.7 Å². The largest absolute Gasteiger partial charge is 0.481 e. The number of aliphatic carboxylic acids is 1. The maximum Gasteiger partial charge on any atom is 0.407 e. The van der Waals surface area contributed by atoms with Crippen molar-refractivity contribution in [2.75, 3.05) is 32.8 Å². The number of nitrogens with zero attached hydrogens (tertiary/aromatic N) is 1. The van der Waals surface area contributed by atoms with Crippen molar-refractivity contribution in [1.82, 2.24) is 15.5 Å². The van der Waals surface area contributed by atoms with Gasteiger partial charge in [0.2, 0.25) is 11.8 Å². The average Bonchev–Trinajstić information content (AvgIpc) is 3.07. The zero-order valence-electron chi connectivity index (χ0n) is 17.2. The van der Waals surface area contributed by atoms with Gasteiger partial charge in [-0.2, -0.15) is 0 Å². The molecule has 9 heteroatoms. The number of benzene rings is 2. The third-order valence-electron chi connectivity index (χ3n) is 5.76. The van der Waals surface area contributed by atoms with Gasteiger partial charge >= 0.3 is 12.1 Å². The van der Waals surface area contributed by atoms with Crippen molar-refractivity contribution in [3.63, 3.8) is 0 Å². The van der Waals surface area contributed by atoms with Crippen LogP contribution in [-0.2, 0) is 19.1 Å². The number of carbonyl (C=O) groups excluding carboxylic acids is 3. The zero-order chi connectivity index (χ0) is 22.7. The standard InChI is InChI=1S/C23H23N3O6/c27-20(24-10-21(28)26-11-14(12-26)22(29)30)9-25-23(31)32-13-19-17-7-3-1-5-15(17)16-6-2-4-8-18(16)19/h1-8,14,19H,9-13H2,(H,24,27)(H,25,31)(H,29,30). The lowest BCUT2D eigenvalue weighted by Crippen LogP contribution is -2.55. The van der Waals surface area contributed by atoms with Gasteiger partial charge in [-0.05, 0) is 22.3 Å². The lowest BCUT2D eigenvalue weighted by molar-refractivity contribution is -0.152. The number of rotatable bonds is 7. The highest BCUT2D eigenvalue weighted by atomic mass is 16.5. The van der Waals surface area contributed by atoms with Crippen LogP contribution in [0.15, 0.2) is 48.5 Å². The monoisotopic (exact) mass is 437 g/mol. The molecule has 1 heterocycles. The molecule has 2 aliphatic rings. The molecular weight excluding hydrogens is 414 g/mol. The van der Waals surface area contributed by atoms with E-state index < -0.39 is 23.9 Å². The molecule has 1 aliphatic heterocycles. The Balaban J connectivity index is 1.20. The van der Waals surface area contributed by atoms with Crippen LogP contribution < -0.4 is 10.6 Å². The van der Waals surface area contributed by atoms with Gasteiger partial charge in [-0.25, -0.2) is 4.79 Å². The third-order valence-corrected chi connectivity index (χ3v) is 5.76. The minimum atomic E-state index is -0.939. The predicted octanol–water partition coefficient (Wildman–Crippen LogP) is 1.18. The Morgan fingerprint density at radius 1 is 0.906 bits per heavy atom. The first-order valence-electron chi connectivity index (χ1n) is 10.3. The molecule has 3 N–H and O–H groups in total. The topological polar surface area (TPSA) is 125 Å². The summed E-state index contributed by atoms with van der Waals surface area (Å²) in [4.78, 5) is 48.0. The van der Waals surface area contributed by atoms with E-state index in [0.29, 0.717) is 0 Å². The fraction of sp³-hybridized carbons (Fsp3) is 0.304. The van der Waals surface area contributed by atoms with Gasteiger partial charge < -0.3 is 25.4 Å². The summed E-state index contributed by atoms with van der Waals surface area (Å²) >= 11 is 0. The summed E-state index contributed by atoms with van der Waals surface area (Å²) in [7, 11) is 0. The predicted molar refractivity (Wildman–Crippen MR) is 114 cm³/mol.